The fraction of sp³-hybridized carbons (Fsp3) is 0.462. The third-order valence-corrected chi connectivity index (χ3v) is 6.47. The second-order valence-electron chi connectivity index (χ2n) is 8.78. The van der Waals surface area contributed by atoms with Crippen molar-refractivity contribution in [1.82, 2.24) is 10.2 Å². The molecule has 1 atom stereocenters. The predicted molar refractivity (Wildman–Crippen MR) is 131 cm³/mol. The average Bonchev–Trinajstić information content (AvgIpc) is 2.76. The van der Waals surface area contributed by atoms with E-state index in [2.05, 4.69) is 27.3 Å². The molecule has 0 spiro atoms. The number of benzene rings is 2. The third kappa shape index (κ3) is 7.09. The van der Waals surface area contributed by atoms with Crippen LogP contribution in [0.2, 0.25) is 0 Å². The highest BCUT2D eigenvalue weighted by atomic mass is 79.9. The minimum absolute atomic E-state index is 0.103. The summed E-state index contributed by atoms with van der Waals surface area (Å²) in [7, 11) is 0. The van der Waals surface area contributed by atoms with E-state index in [0.29, 0.717) is 12.3 Å². The lowest BCUT2D eigenvalue weighted by molar-refractivity contribution is -0.142. The molecular weight excluding hydrogens is 468 g/mol. The highest BCUT2D eigenvalue weighted by Crippen LogP contribution is 2.20. The summed E-state index contributed by atoms with van der Waals surface area (Å²) in [4.78, 5) is 27.8. The van der Waals surface area contributed by atoms with Crippen molar-refractivity contribution in [1.29, 1.82) is 0 Å². The number of amides is 2. The maximum atomic E-state index is 13.2. The summed E-state index contributed by atoms with van der Waals surface area (Å²) in [5, 5.41) is 3.16. The van der Waals surface area contributed by atoms with Crippen molar-refractivity contribution in [3.8, 4) is 5.75 Å². The fourth-order valence-corrected chi connectivity index (χ4v) is 4.45. The zero-order valence-electron chi connectivity index (χ0n) is 19.2. The Morgan fingerprint density at radius 1 is 1.06 bits per heavy atom. The number of carbonyl (C=O) groups excluding carboxylic acids is 2. The molecule has 0 aromatic heterocycles. The van der Waals surface area contributed by atoms with Crippen molar-refractivity contribution in [3.05, 3.63) is 63.6 Å². The molecule has 2 aromatic rings. The van der Waals surface area contributed by atoms with Crippen molar-refractivity contribution in [2.75, 3.05) is 6.61 Å². The van der Waals surface area contributed by atoms with Gasteiger partial charge in [0.05, 0.1) is 0 Å². The Labute approximate surface area is 199 Å². The van der Waals surface area contributed by atoms with Gasteiger partial charge in [0.15, 0.2) is 6.61 Å². The first-order chi connectivity index (χ1) is 15.3. The quantitative estimate of drug-likeness (QED) is 0.534. The molecule has 5 nitrogen and oxygen atoms in total. The van der Waals surface area contributed by atoms with Crippen LogP contribution < -0.4 is 10.1 Å². The molecule has 1 fully saturated rings. The molecule has 0 radical (unpaired) electrons. The maximum Gasteiger partial charge on any atom is 0.261 e. The van der Waals surface area contributed by atoms with Crippen molar-refractivity contribution in [2.24, 2.45) is 0 Å². The highest BCUT2D eigenvalue weighted by molar-refractivity contribution is 9.10. The summed E-state index contributed by atoms with van der Waals surface area (Å²) in [6.07, 6.45) is 5.53. The van der Waals surface area contributed by atoms with E-state index in [9.17, 15) is 9.59 Å². The molecule has 2 amide bonds. The predicted octanol–water partition coefficient (Wildman–Crippen LogP) is 5.31. The third-order valence-electron chi connectivity index (χ3n) is 5.94. The lowest BCUT2D eigenvalue weighted by Crippen LogP contribution is -2.51. The SMILES string of the molecule is Cc1cc(C)cc(OCC(=O)N(Cc2ccc(Br)cc2)C(C)C(=O)NC2CCCCC2)c1. The molecule has 1 saturated carbocycles. The monoisotopic (exact) mass is 500 g/mol. The fourth-order valence-electron chi connectivity index (χ4n) is 4.18. The number of carbonyl (C=O) groups is 2. The van der Waals surface area contributed by atoms with Gasteiger partial charge in [-0.25, -0.2) is 0 Å². The minimum atomic E-state index is -0.587. The van der Waals surface area contributed by atoms with E-state index in [0.717, 1.165) is 46.8 Å². The van der Waals surface area contributed by atoms with E-state index in [1.165, 1.54) is 6.42 Å². The smallest absolute Gasteiger partial charge is 0.261 e. The Morgan fingerprint density at radius 3 is 2.31 bits per heavy atom. The van der Waals surface area contributed by atoms with Gasteiger partial charge < -0.3 is 15.0 Å². The standard InChI is InChI=1S/C26H33BrN2O3/c1-18-13-19(2)15-24(14-18)32-17-25(30)29(16-21-9-11-22(27)12-10-21)20(3)26(31)28-23-7-5-4-6-8-23/h9-15,20,23H,4-8,16-17H2,1-3H3,(H,28,31). The topological polar surface area (TPSA) is 58.6 Å². The van der Waals surface area contributed by atoms with Gasteiger partial charge in [-0.3, -0.25) is 9.59 Å². The van der Waals surface area contributed by atoms with Gasteiger partial charge in [-0.1, -0.05) is 53.4 Å². The molecule has 0 saturated heterocycles. The summed E-state index contributed by atoms with van der Waals surface area (Å²) in [6, 6.07) is 13.3. The number of nitrogens with zero attached hydrogens (tertiary/aromatic N) is 1. The lowest BCUT2D eigenvalue weighted by atomic mass is 9.95. The molecule has 0 heterocycles. The van der Waals surface area contributed by atoms with Crippen LogP contribution in [0.15, 0.2) is 46.9 Å². The largest absolute Gasteiger partial charge is 0.484 e. The van der Waals surface area contributed by atoms with Crippen LogP contribution in [0.1, 0.15) is 55.7 Å². The van der Waals surface area contributed by atoms with Gasteiger partial charge >= 0.3 is 0 Å². The van der Waals surface area contributed by atoms with E-state index in [1.807, 2.05) is 50.2 Å². The molecule has 172 valence electrons. The normalized spacial score (nSPS) is 15.1. The Bertz CT molecular complexity index is 903. The van der Waals surface area contributed by atoms with E-state index in [1.54, 1.807) is 11.8 Å². The molecular formula is C26H33BrN2O3. The van der Waals surface area contributed by atoms with Crippen molar-refractivity contribution >= 4 is 27.7 Å². The maximum absolute atomic E-state index is 13.2. The van der Waals surface area contributed by atoms with E-state index >= 15 is 0 Å². The van der Waals surface area contributed by atoms with Gasteiger partial charge in [-0.2, -0.15) is 0 Å². The summed E-state index contributed by atoms with van der Waals surface area (Å²) in [6.45, 7) is 6.03. The number of aryl methyl sites for hydroxylation is 2. The first-order valence-corrected chi connectivity index (χ1v) is 12.2. The Morgan fingerprint density at radius 2 is 1.69 bits per heavy atom. The lowest BCUT2D eigenvalue weighted by Gasteiger charge is -2.31. The Kier molecular flexibility index (Phi) is 8.74. The molecule has 32 heavy (non-hydrogen) atoms. The van der Waals surface area contributed by atoms with E-state index < -0.39 is 6.04 Å². The number of rotatable bonds is 8. The van der Waals surface area contributed by atoms with Gasteiger partial charge in [0.1, 0.15) is 11.8 Å². The number of halogens is 1. The van der Waals surface area contributed by atoms with Gasteiger partial charge in [-0.15, -0.1) is 0 Å². The Hall–Kier alpha value is -2.34. The molecule has 6 heteroatoms. The van der Waals surface area contributed by atoms with Crippen LogP contribution in [0.3, 0.4) is 0 Å². The van der Waals surface area contributed by atoms with Gasteiger partial charge in [0, 0.05) is 17.1 Å². The Balaban J connectivity index is 1.71. The minimum Gasteiger partial charge on any atom is -0.484 e. The molecule has 2 aromatic carbocycles. The highest BCUT2D eigenvalue weighted by Gasteiger charge is 2.28. The number of hydrogen-bond acceptors (Lipinski definition) is 3. The van der Waals surface area contributed by atoms with Crippen LogP contribution in [0.5, 0.6) is 5.75 Å². The van der Waals surface area contributed by atoms with E-state index in [4.69, 9.17) is 4.74 Å². The van der Waals surface area contributed by atoms with Crippen LogP contribution >= 0.6 is 15.9 Å². The summed E-state index contributed by atoms with van der Waals surface area (Å²) in [5.74, 6) is 0.353. The van der Waals surface area contributed by atoms with E-state index in [-0.39, 0.29) is 24.5 Å². The van der Waals surface area contributed by atoms with Crippen LogP contribution in [0, 0.1) is 13.8 Å². The zero-order chi connectivity index (χ0) is 23.1. The van der Waals surface area contributed by atoms with Crippen LogP contribution in [-0.4, -0.2) is 35.4 Å². The molecule has 1 aliphatic rings. The number of nitrogens with one attached hydrogen (secondary N) is 1. The average molecular weight is 501 g/mol. The molecule has 0 bridgehead atoms. The second kappa shape index (κ2) is 11.5. The summed E-state index contributed by atoms with van der Waals surface area (Å²) in [5.41, 5.74) is 3.13. The number of hydrogen-bond donors (Lipinski definition) is 1. The first kappa shape index (κ1) is 24.3. The van der Waals surface area contributed by atoms with Gasteiger partial charge in [0.25, 0.3) is 5.91 Å². The van der Waals surface area contributed by atoms with Gasteiger partial charge in [-0.05, 0) is 74.6 Å². The molecule has 0 aliphatic heterocycles. The zero-order valence-corrected chi connectivity index (χ0v) is 20.8. The van der Waals surface area contributed by atoms with Crippen LogP contribution in [-0.2, 0) is 16.1 Å². The van der Waals surface area contributed by atoms with Crippen molar-refractivity contribution in [3.63, 3.8) is 0 Å². The van der Waals surface area contributed by atoms with Crippen LogP contribution in [0.4, 0.5) is 0 Å². The van der Waals surface area contributed by atoms with Crippen molar-refractivity contribution < 1.29 is 14.3 Å². The summed E-state index contributed by atoms with van der Waals surface area (Å²) >= 11 is 3.45. The molecule has 1 N–H and O–H groups in total. The molecule has 1 aliphatic carbocycles. The molecule has 3 rings (SSSR count). The number of ether oxygens (including phenoxy) is 1. The summed E-state index contributed by atoms with van der Waals surface area (Å²) < 4.78 is 6.79. The molecule has 1 unspecified atom stereocenters. The van der Waals surface area contributed by atoms with Crippen LogP contribution in [0.25, 0.3) is 0 Å². The van der Waals surface area contributed by atoms with Crippen molar-refractivity contribution in [2.45, 2.75) is 71.5 Å². The second-order valence-corrected chi connectivity index (χ2v) is 9.70. The first-order valence-electron chi connectivity index (χ1n) is 11.4. The van der Waals surface area contributed by atoms with Gasteiger partial charge in [0.2, 0.25) is 5.91 Å².